The van der Waals surface area contributed by atoms with Crippen molar-refractivity contribution in [3.63, 3.8) is 0 Å². The lowest BCUT2D eigenvalue weighted by Gasteiger charge is -2.35. The number of hydrogen-bond acceptors (Lipinski definition) is 4. The molecule has 0 aromatic heterocycles. The van der Waals surface area contributed by atoms with Crippen molar-refractivity contribution in [3.05, 3.63) is 29.8 Å². The van der Waals surface area contributed by atoms with Gasteiger partial charge < -0.3 is 19.7 Å². The maximum Gasteiger partial charge on any atom is 0.410 e. The predicted octanol–water partition coefficient (Wildman–Crippen LogP) is 2.97. The molecular formula is C17H26N2O3. The largest absolute Gasteiger partial charge is 0.494 e. The quantitative estimate of drug-likeness (QED) is 0.933. The zero-order valence-electron chi connectivity index (χ0n) is 13.9. The highest BCUT2D eigenvalue weighted by Crippen LogP contribution is 2.27. The Balaban J connectivity index is 2.09. The third-order valence-electron chi connectivity index (χ3n) is 3.42. The standard InChI is InChI=1S/C17H26N2O3/c1-5-21-15-9-7-6-8-13(15)14-12-19(11-10-18-14)16(20)22-17(2,3)4/h6-9,14,18H,5,10-12H2,1-4H3. The summed E-state index contributed by atoms with van der Waals surface area (Å²) in [6.07, 6.45) is -0.257. The summed E-state index contributed by atoms with van der Waals surface area (Å²) in [6.45, 7) is 10.2. The molecule has 1 amide bonds. The van der Waals surface area contributed by atoms with Crippen molar-refractivity contribution in [2.45, 2.75) is 39.3 Å². The Labute approximate surface area is 132 Å². The van der Waals surface area contributed by atoms with Crippen LogP contribution in [0.15, 0.2) is 24.3 Å². The van der Waals surface area contributed by atoms with E-state index in [0.29, 0.717) is 19.7 Å². The number of para-hydroxylation sites is 1. The fourth-order valence-corrected chi connectivity index (χ4v) is 2.51. The van der Waals surface area contributed by atoms with Crippen molar-refractivity contribution in [2.24, 2.45) is 0 Å². The van der Waals surface area contributed by atoms with E-state index in [9.17, 15) is 4.79 Å². The first-order chi connectivity index (χ1) is 10.4. The SMILES string of the molecule is CCOc1ccccc1C1CN(C(=O)OC(C)(C)C)CCN1. The first kappa shape index (κ1) is 16.6. The third-order valence-corrected chi connectivity index (χ3v) is 3.42. The Bertz CT molecular complexity index is 511. The van der Waals surface area contributed by atoms with Crippen LogP contribution in [0.5, 0.6) is 5.75 Å². The summed E-state index contributed by atoms with van der Waals surface area (Å²) < 4.78 is 11.2. The molecule has 1 atom stereocenters. The van der Waals surface area contributed by atoms with Gasteiger partial charge >= 0.3 is 6.09 Å². The molecule has 1 saturated heterocycles. The Hall–Kier alpha value is -1.75. The molecule has 1 aromatic carbocycles. The molecule has 5 heteroatoms. The predicted molar refractivity (Wildman–Crippen MR) is 86.2 cm³/mol. The molecule has 0 bridgehead atoms. The topological polar surface area (TPSA) is 50.8 Å². The Morgan fingerprint density at radius 2 is 2.09 bits per heavy atom. The van der Waals surface area contributed by atoms with E-state index in [2.05, 4.69) is 5.32 Å². The number of carbonyl (C=O) groups excluding carboxylic acids is 1. The smallest absolute Gasteiger partial charge is 0.410 e. The van der Waals surface area contributed by atoms with Crippen LogP contribution in [-0.2, 0) is 4.74 Å². The van der Waals surface area contributed by atoms with E-state index < -0.39 is 5.60 Å². The molecule has 122 valence electrons. The average Bonchev–Trinajstić information content (AvgIpc) is 2.46. The molecule has 0 aliphatic carbocycles. The van der Waals surface area contributed by atoms with Gasteiger partial charge in [-0.1, -0.05) is 18.2 Å². The number of nitrogens with zero attached hydrogens (tertiary/aromatic N) is 1. The molecule has 22 heavy (non-hydrogen) atoms. The zero-order chi connectivity index (χ0) is 16.2. The maximum absolute atomic E-state index is 12.2. The third kappa shape index (κ3) is 4.37. The van der Waals surface area contributed by atoms with E-state index >= 15 is 0 Å². The Morgan fingerprint density at radius 1 is 1.36 bits per heavy atom. The van der Waals surface area contributed by atoms with Crippen molar-refractivity contribution in [1.29, 1.82) is 0 Å². The van der Waals surface area contributed by atoms with Crippen LogP contribution in [0.2, 0.25) is 0 Å². The fraction of sp³-hybridized carbons (Fsp3) is 0.588. The van der Waals surface area contributed by atoms with Crippen LogP contribution in [-0.4, -0.2) is 42.8 Å². The second kappa shape index (κ2) is 7.01. The minimum absolute atomic E-state index is 0.0593. The summed E-state index contributed by atoms with van der Waals surface area (Å²) in [5, 5.41) is 3.45. The van der Waals surface area contributed by atoms with Crippen LogP contribution in [0.4, 0.5) is 4.79 Å². The molecule has 0 spiro atoms. The first-order valence-corrected chi connectivity index (χ1v) is 7.83. The van der Waals surface area contributed by atoms with E-state index in [1.54, 1.807) is 4.90 Å². The van der Waals surface area contributed by atoms with Gasteiger partial charge in [-0.05, 0) is 33.8 Å². The normalized spacial score (nSPS) is 18.9. The minimum Gasteiger partial charge on any atom is -0.494 e. The lowest BCUT2D eigenvalue weighted by Crippen LogP contribution is -2.49. The number of hydrogen-bond donors (Lipinski definition) is 1. The lowest BCUT2D eigenvalue weighted by atomic mass is 10.0. The average molecular weight is 306 g/mol. The highest BCUT2D eigenvalue weighted by atomic mass is 16.6. The summed E-state index contributed by atoms with van der Waals surface area (Å²) in [4.78, 5) is 14.0. The molecule has 1 aliphatic rings. The number of carbonyl (C=O) groups is 1. The van der Waals surface area contributed by atoms with E-state index in [4.69, 9.17) is 9.47 Å². The number of nitrogens with one attached hydrogen (secondary N) is 1. The van der Waals surface area contributed by atoms with Crippen molar-refractivity contribution in [2.75, 3.05) is 26.2 Å². The van der Waals surface area contributed by atoms with Crippen molar-refractivity contribution >= 4 is 6.09 Å². The van der Waals surface area contributed by atoms with Gasteiger partial charge in [0.1, 0.15) is 11.4 Å². The molecule has 1 unspecified atom stereocenters. The maximum atomic E-state index is 12.2. The van der Waals surface area contributed by atoms with Crippen LogP contribution in [0, 0.1) is 0 Å². The number of ether oxygens (including phenoxy) is 2. The molecule has 0 radical (unpaired) electrons. The van der Waals surface area contributed by atoms with E-state index in [1.807, 2.05) is 52.0 Å². The highest BCUT2D eigenvalue weighted by Gasteiger charge is 2.29. The van der Waals surface area contributed by atoms with Gasteiger partial charge in [0.25, 0.3) is 0 Å². The molecule has 1 fully saturated rings. The summed E-state index contributed by atoms with van der Waals surface area (Å²) in [7, 11) is 0. The van der Waals surface area contributed by atoms with Crippen LogP contribution in [0.25, 0.3) is 0 Å². The van der Waals surface area contributed by atoms with Crippen LogP contribution in [0.1, 0.15) is 39.3 Å². The number of piperazine rings is 1. The van der Waals surface area contributed by atoms with Gasteiger partial charge in [-0.3, -0.25) is 0 Å². The second-order valence-corrected chi connectivity index (χ2v) is 6.40. The lowest BCUT2D eigenvalue weighted by molar-refractivity contribution is 0.0194. The molecule has 1 heterocycles. The van der Waals surface area contributed by atoms with E-state index in [-0.39, 0.29) is 12.1 Å². The molecule has 1 aliphatic heterocycles. The summed E-state index contributed by atoms with van der Waals surface area (Å²) in [5.41, 5.74) is 0.610. The number of amides is 1. The van der Waals surface area contributed by atoms with Gasteiger partial charge in [0.05, 0.1) is 12.6 Å². The first-order valence-electron chi connectivity index (χ1n) is 7.83. The zero-order valence-corrected chi connectivity index (χ0v) is 13.9. The molecule has 1 N–H and O–H groups in total. The summed E-state index contributed by atoms with van der Waals surface area (Å²) in [5.74, 6) is 0.869. The highest BCUT2D eigenvalue weighted by molar-refractivity contribution is 5.68. The Kier molecular flexibility index (Phi) is 5.29. The summed E-state index contributed by atoms with van der Waals surface area (Å²) in [6, 6.07) is 8.02. The monoisotopic (exact) mass is 306 g/mol. The van der Waals surface area contributed by atoms with Gasteiger partial charge in [-0.2, -0.15) is 0 Å². The van der Waals surface area contributed by atoms with Gasteiger partial charge in [0.2, 0.25) is 0 Å². The van der Waals surface area contributed by atoms with Gasteiger partial charge in [-0.25, -0.2) is 4.79 Å². The Morgan fingerprint density at radius 3 is 2.77 bits per heavy atom. The van der Waals surface area contributed by atoms with Gasteiger partial charge in [-0.15, -0.1) is 0 Å². The van der Waals surface area contributed by atoms with Crippen LogP contribution >= 0.6 is 0 Å². The van der Waals surface area contributed by atoms with Gasteiger partial charge in [0, 0.05) is 25.2 Å². The molecular weight excluding hydrogens is 280 g/mol. The van der Waals surface area contributed by atoms with Crippen molar-refractivity contribution in [1.82, 2.24) is 10.2 Å². The molecule has 0 saturated carbocycles. The number of benzene rings is 1. The second-order valence-electron chi connectivity index (χ2n) is 6.40. The van der Waals surface area contributed by atoms with Crippen LogP contribution < -0.4 is 10.1 Å². The molecule has 2 rings (SSSR count). The van der Waals surface area contributed by atoms with Gasteiger partial charge in [0.15, 0.2) is 0 Å². The molecule has 1 aromatic rings. The number of rotatable bonds is 3. The van der Waals surface area contributed by atoms with Crippen molar-refractivity contribution < 1.29 is 14.3 Å². The van der Waals surface area contributed by atoms with E-state index in [0.717, 1.165) is 17.9 Å². The molecule has 5 nitrogen and oxygen atoms in total. The van der Waals surface area contributed by atoms with Crippen molar-refractivity contribution in [3.8, 4) is 5.75 Å². The minimum atomic E-state index is -0.472. The fourth-order valence-electron chi connectivity index (χ4n) is 2.51. The van der Waals surface area contributed by atoms with Crippen LogP contribution in [0.3, 0.4) is 0 Å². The summed E-state index contributed by atoms with van der Waals surface area (Å²) >= 11 is 0. The van der Waals surface area contributed by atoms with E-state index in [1.165, 1.54) is 0 Å².